The van der Waals surface area contributed by atoms with Gasteiger partial charge in [0.15, 0.2) is 0 Å². The van der Waals surface area contributed by atoms with E-state index in [0.29, 0.717) is 17.7 Å². The molecule has 2 aromatic rings. The third kappa shape index (κ3) is 3.61. The number of carbonyl (C=O) groups is 1. The molecule has 0 fully saturated rings. The van der Waals surface area contributed by atoms with Gasteiger partial charge in [-0.1, -0.05) is 37.6 Å². The molecule has 0 unspecified atom stereocenters. The van der Waals surface area contributed by atoms with Gasteiger partial charge in [-0.05, 0) is 30.0 Å². The van der Waals surface area contributed by atoms with Crippen LogP contribution in [0, 0.1) is 11.7 Å². The lowest BCUT2D eigenvalue weighted by Crippen LogP contribution is -2.04. The second kappa shape index (κ2) is 6.26. The number of benzene rings is 1. The number of hydrogen-bond acceptors (Lipinski definition) is 2. The van der Waals surface area contributed by atoms with Crippen LogP contribution in [0.5, 0.6) is 0 Å². The second-order valence-electron chi connectivity index (χ2n) is 5.30. The fourth-order valence-electron chi connectivity index (χ4n) is 2.14. The van der Waals surface area contributed by atoms with Gasteiger partial charge in [-0.2, -0.15) is 5.10 Å². The van der Waals surface area contributed by atoms with Crippen molar-refractivity contribution in [3.63, 3.8) is 0 Å². The van der Waals surface area contributed by atoms with Crippen molar-refractivity contribution in [1.82, 2.24) is 9.78 Å². The molecule has 0 spiro atoms. The van der Waals surface area contributed by atoms with Crippen molar-refractivity contribution in [2.45, 2.75) is 26.8 Å². The van der Waals surface area contributed by atoms with Gasteiger partial charge in [0.1, 0.15) is 16.5 Å². The molecular formula is C15H16ClFN2O2. The number of hydrogen-bond donors (Lipinski definition) is 1. The van der Waals surface area contributed by atoms with E-state index in [0.717, 1.165) is 0 Å². The molecule has 0 aliphatic rings. The molecule has 0 atom stereocenters. The molecule has 0 amide bonds. The van der Waals surface area contributed by atoms with Gasteiger partial charge < -0.3 is 5.11 Å². The van der Waals surface area contributed by atoms with E-state index in [2.05, 4.69) is 5.10 Å². The fourth-order valence-corrected chi connectivity index (χ4v) is 2.43. The van der Waals surface area contributed by atoms with Crippen molar-refractivity contribution in [1.29, 1.82) is 0 Å². The van der Waals surface area contributed by atoms with Crippen molar-refractivity contribution < 1.29 is 14.3 Å². The van der Waals surface area contributed by atoms with Crippen LogP contribution in [-0.4, -0.2) is 20.9 Å². The molecule has 0 saturated carbocycles. The molecule has 21 heavy (non-hydrogen) atoms. The minimum atomic E-state index is -1.10. The van der Waals surface area contributed by atoms with Gasteiger partial charge in [0.2, 0.25) is 0 Å². The fraction of sp³-hybridized carbons (Fsp3) is 0.333. The smallest absolute Gasteiger partial charge is 0.340 e. The summed E-state index contributed by atoms with van der Waals surface area (Å²) in [5, 5.41) is 13.6. The molecule has 1 aromatic heterocycles. The SMILES string of the molecule is CC(C)Cc1nn(Cc2cccc(F)c2)c(Cl)c1C(=O)O. The lowest BCUT2D eigenvalue weighted by molar-refractivity contribution is 0.0695. The Hall–Kier alpha value is -1.88. The quantitative estimate of drug-likeness (QED) is 0.917. The first kappa shape index (κ1) is 15.5. The Bertz CT molecular complexity index is 668. The number of aromatic nitrogens is 2. The summed E-state index contributed by atoms with van der Waals surface area (Å²) in [6, 6.07) is 6.06. The second-order valence-corrected chi connectivity index (χ2v) is 5.66. The summed E-state index contributed by atoms with van der Waals surface area (Å²) < 4.78 is 14.6. The highest BCUT2D eigenvalue weighted by Gasteiger charge is 2.22. The van der Waals surface area contributed by atoms with Crippen LogP contribution in [0.4, 0.5) is 4.39 Å². The van der Waals surface area contributed by atoms with Gasteiger partial charge in [-0.25, -0.2) is 13.9 Å². The van der Waals surface area contributed by atoms with Crippen molar-refractivity contribution in [3.05, 3.63) is 52.1 Å². The lowest BCUT2D eigenvalue weighted by atomic mass is 10.1. The maximum Gasteiger partial charge on any atom is 0.340 e. The topological polar surface area (TPSA) is 55.1 Å². The van der Waals surface area contributed by atoms with Crippen LogP contribution < -0.4 is 0 Å². The molecule has 1 N–H and O–H groups in total. The summed E-state index contributed by atoms with van der Waals surface area (Å²) in [5.74, 6) is -1.19. The van der Waals surface area contributed by atoms with Crippen molar-refractivity contribution >= 4 is 17.6 Å². The summed E-state index contributed by atoms with van der Waals surface area (Å²) >= 11 is 6.12. The minimum Gasteiger partial charge on any atom is -0.478 e. The van der Waals surface area contributed by atoms with Gasteiger partial charge >= 0.3 is 5.97 Å². The minimum absolute atomic E-state index is 0.0294. The average Bonchev–Trinajstić information content (AvgIpc) is 2.65. The van der Waals surface area contributed by atoms with E-state index in [1.807, 2.05) is 13.8 Å². The van der Waals surface area contributed by atoms with Gasteiger partial charge in [0.25, 0.3) is 0 Å². The summed E-state index contributed by atoms with van der Waals surface area (Å²) in [6.07, 6.45) is 0.525. The first-order valence-corrected chi connectivity index (χ1v) is 6.99. The Morgan fingerprint density at radius 2 is 2.19 bits per heavy atom. The summed E-state index contributed by atoms with van der Waals surface area (Å²) in [4.78, 5) is 11.3. The van der Waals surface area contributed by atoms with Crippen LogP contribution in [0.3, 0.4) is 0 Å². The molecule has 6 heteroatoms. The van der Waals surface area contributed by atoms with E-state index in [1.165, 1.54) is 16.8 Å². The van der Waals surface area contributed by atoms with Crippen LogP contribution >= 0.6 is 11.6 Å². The standard InChI is InChI=1S/C15H16ClFN2O2/c1-9(2)6-12-13(15(20)21)14(16)19(18-12)8-10-4-3-5-11(17)7-10/h3-5,7,9H,6,8H2,1-2H3,(H,20,21). The lowest BCUT2D eigenvalue weighted by Gasteiger charge is -2.04. The van der Waals surface area contributed by atoms with Gasteiger partial charge in [0, 0.05) is 0 Å². The highest BCUT2D eigenvalue weighted by molar-refractivity contribution is 6.32. The number of halogens is 2. The maximum absolute atomic E-state index is 13.2. The van der Waals surface area contributed by atoms with E-state index in [-0.39, 0.29) is 29.0 Å². The molecule has 112 valence electrons. The number of aromatic carboxylic acids is 1. The number of carboxylic acids is 1. The van der Waals surface area contributed by atoms with Crippen LogP contribution in [-0.2, 0) is 13.0 Å². The number of nitrogens with zero attached hydrogens (tertiary/aromatic N) is 2. The zero-order valence-corrected chi connectivity index (χ0v) is 12.6. The monoisotopic (exact) mass is 310 g/mol. The molecule has 1 aromatic carbocycles. The van der Waals surface area contributed by atoms with E-state index in [9.17, 15) is 14.3 Å². The Kier molecular flexibility index (Phi) is 4.63. The van der Waals surface area contributed by atoms with Gasteiger partial charge in [-0.3, -0.25) is 0 Å². The molecule has 0 bridgehead atoms. The first-order chi connectivity index (χ1) is 9.88. The largest absolute Gasteiger partial charge is 0.478 e. The molecule has 0 aliphatic carbocycles. The summed E-state index contributed by atoms with van der Waals surface area (Å²) in [6.45, 7) is 4.19. The maximum atomic E-state index is 13.2. The Morgan fingerprint density at radius 1 is 1.48 bits per heavy atom. The average molecular weight is 311 g/mol. The van der Waals surface area contributed by atoms with Crippen molar-refractivity contribution in [2.75, 3.05) is 0 Å². The number of rotatable bonds is 5. The van der Waals surface area contributed by atoms with E-state index in [4.69, 9.17) is 11.6 Å². The predicted octanol–water partition coefficient (Wildman–Crippen LogP) is 3.62. The highest BCUT2D eigenvalue weighted by atomic mass is 35.5. The Morgan fingerprint density at radius 3 is 2.76 bits per heavy atom. The third-order valence-electron chi connectivity index (χ3n) is 3.00. The highest BCUT2D eigenvalue weighted by Crippen LogP contribution is 2.23. The zero-order chi connectivity index (χ0) is 15.6. The van der Waals surface area contributed by atoms with Crippen LogP contribution in [0.2, 0.25) is 5.15 Å². The van der Waals surface area contributed by atoms with Crippen molar-refractivity contribution in [2.24, 2.45) is 5.92 Å². The van der Waals surface area contributed by atoms with Gasteiger partial charge in [-0.15, -0.1) is 0 Å². The molecular weight excluding hydrogens is 295 g/mol. The van der Waals surface area contributed by atoms with Gasteiger partial charge in [0.05, 0.1) is 12.2 Å². The Balaban J connectivity index is 2.38. The molecule has 4 nitrogen and oxygen atoms in total. The third-order valence-corrected chi connectivity index (χ3v) is 3.38. The molecule has 2 rings (SSSR count). The molecule has 0 aliphatic heterocycles. The van der Waals surface area contributed by atoms with Crippen LogP contribution in [0.1, 0.15) is 35.5 Å². The zero-order valence-electron chi connectivity index (χ0n) is 11.8. The van der Waals surface area contributed by atoms with Crippen molar-refractivity contribution in [3.8, 4) is 0 Å². The molecule has 0 saturated heterocycles. The van der Waals surface area contributed by atoms with E-state index < -0.39 is 5.97 Å². The molecule has 0 radical (unpaired) electrons. The number of carboxylic acid groups (broad SMARTS) is 1. The summed E-state index contributed by atoms with van der Waals surface area (Å²) in [7, 11) is 0. The first-order valence-electron chi connectivity index (χ1n) is 6.61. The van der Waals surface area contributed by atoms with Crippen LogP contribution in [0.25, 0.3) is 0 Å². The normalized spacial score (nSPS) is 11.1. The Labute approximate surface area is 127 Å². The van der Waals surface area contributed by atoms with E-state index in [1.54, 1.807) is 12.1 Å². The summed E-state index contributed by atoms with van der Waals surface area (Å²) in [5.41, 5.74) is 1.16. The van der Waals surface area contributed by atoms with Crippen LogP contribution in [0.15, 0.2) is 24.3 Å². The van der Waals surface area contributed by atoms with E-state index >= 15 is 0 Å². The predicted molar refractivity (Wildman–Crippen MR) is 78.2 cm³/mol. The molecule has 1 heterocycles.